The van der Waals surface area contributed by atoms with E-state index in [-0.39, 0.29) is 17.2 Å². The number of thioether (sulfide) groups is 1. The summed E-state index contributed by atoms with van der Waals surface area (Å²) in [6.45, 7) is 1.70. The highest BCUT2D eigenvalue weighted by molar-refractivity contribution is 8.00. The van der Waals surface area contributed by atoms with Crippen LogP contribution in [0.5, 0.6) is 11.5 Å². The highest BCUT2D eigenvalue weighted by atomic mass is 32.2. The van der Waals surface area contributed by atoms with Crippen molar-refractivity contribution in [1.29, 1.82) is 0 Å². The molecule has 1 fully saturated rings. The molecular weight excluding hydrogens is 436 g/mol. The van der Waals surface area contributed by atoms with Gasteiger partial charge in [-0.25, -0.2) is 0 Å². The van der Waals surface area contributed by atoms with Crippen LogP contribution in [0, 0.1) is 0 Å². The molecule has 0 bridgehead atoms. The second kappa shape index (κ2) is 9.58. The minimum Gasteiger partial charge on any atom is -0.486 e. The molecule has 0 saturated carbocycles. The van der Waals surface area contributed by atoms with Crippen molar-refractivity contribution in [2.45, 2.75) is 11.8 Å². The molecule has 5 rings (SSSR count). The number of benzene rings is 3. The molecule has 1 N–H and O–H groups in total. The van der Waals surface area contributed by atoms with Gasteiger partial charge in [-0.2, -0.15) is 0 Å². The molecule has 2 amide bonds. The van der Waals surface area contributed by atoms with Gasteiger partial charge in [0.2, 0.25) is 5.91 Å². The number of amides is 2. The third kappa shape index (κ3) is 4.83. The second-order valence-corrected chi connectivity index (χ2v) is 8.99. The van der Waals surface area contributed by atoms with E-state index < -0.39 is 0 Å². The van der Waals surface area contributed by atoms with Crippen LogP contribution in [0.15, 0.2) is 72.8 Å². The molecule has 2 aliphatic heterocycles. The Balaban J connectivity index is 1.24. The molecule has 33 heavy (non-hydrogen) atoms. The maximum absolute atomic E-state index is 12.7. The van der Waals surface area contributed by atoms with Crippen molar-refractivity contribution in [1.82, 2.24) is 4.90 Å². The van der Waals surface area contributed by atoms with Gasteiger partial charge in [-0.05, 0) is 41.8 Å². The summed E-state index contributed by atoms with van der Waals surface area (Å²) in [6, 6.07) is 23.0. The summed E-state index contributed by atoms with van der Waals surface area (Å²) in [4.78, 5) is 27.2. The number of hydrogen-bond donors (Lipinski definition) is 1. The molecule has 0 spiro atoms. The van der Waals surface area contributed by atoms with E-state index in [2.05, 4.69) is 17.4 Å². The lowest BCUT2D eigenvalue weighted by molar-refractivity contribution is -0.128. The van der Waals surface area contributed by atoms with Gasteiger partial charge in [0, 0.05) is 23.9 Å². The molecule has 2 aliphatic rings. The summed E-state index contributed by atoms with van der Waals surface area (Å²) in [5, 5.41) is 2.88. The van der Waals surface area contributed by atoms with Gasteiger partial charge < -0.3 is 19.7 Å². The number of rotatable bonds is 6. The van der Waals surface area contributed by atoms with Crippen LogP contribution < -0.4 is 14.8 Å². The Morgan fingerprint density at radius 3 is 2.52 bits per heavy atom. The first-order valence-corrected chi connectivity index (χ1v) is 12.0. The third-order valence-electron chi connectivity index (χ3n) is 5.71. The summed E-state index contributed by atoms with van der Waals surface area (Å²) in [5.74, 6) is 1.75. The van der Waals surface area contributed by atoms with E-state index in [4.69, 9.17) is 9.47 Å². The first kappa shape index (κ1) is 21.4. The number of fused-ring (bicyclic) bond motifs is 1. The fraction of sp³-hybridized carbons (Fsp3) is 0.231. The number of carbonyl (C=O) groups is 2. The zero-order valence-electron chi connectivity index (χ0n) is 18.0. The van der Waals surface area contributed by atoms with Crippen LogP contribution in [-0.4, -0.2) is 42.2 Å². The molecular formula is C26H24N2O4S. The van der Waals surface area contributed by atoms with E-state index in [0.29, 0.717) is 48.3 Å². The van der Waals surface area contributed by atoms with Gasteiger partial charge in [0.25, 0.3) is 5.91 Å². The molecule has 3 aromatic rings. The van der Waals surface area contributed by atoms with Crippen LogP contribution in [-0.2, 0) is 11.2 Å². The highest BCUT2D eigenvalue weighted by Crippen LogP contribution is 2.38. The Kier molecular flexibility index (Phi) is 6.21. The number of anilines is 1. The van der Waals surface area contributed by atoms with Crippen LogP contribution >= 0.6 is 11.8 Å². The van der Waals surface area contributed by atoms with Gasteiger partial charge >= 0.3 is 0 Å². The standard InChI is InChI=1S/C26H24N2O4S/c29-24-17-33-26(28(24)13-12-18-4-2-1-3-5-18)20-8-6-19(7-9-20)25(30)27-21-10-11-22-23(16-21)32-15-14-31-22/h1-11,16,26H,12-15,17H2,(H,27,30). The van der Waals surface area contributed by atoms with Crippen LogP contribution in [0.2, 0.25) is 0 Å². The predicted molar refractivity (Wildman–Crippen MR) is 129 cm³/mol. The third-order valence-corrected chi connectivity index (χ3v) is 6.97. The van der Waals surface area contributed by atoms with Crippen molar-refractivity contribution in [2.24, 2.45) is 0 Å². The summed E-state index contributed by atoms with van der Waals surface area (Å²) in [7, 11) is 0. The van der Waals surface area contributed by atoms with E-state index in [9.17, 15) is 9.59 Å². The summed E-state index contributed by atoms with van der Waals surface area (Å²) < 4.78 is 11.1. The number of nitrogens with zero attached hydrogens (tertiary/aromatic N) is 1. The average molecular weight is 461 g/mol. The first-order chi connectivity index (χ1) is 16.2. The van der Waals surface area contributed by atoms with Crippen molar-refractivity contribution >= 4 is 29.3 Å². The molecule has 0 aromatic heterocycles. The fourth-order valence-electron chi connectivity index (χ4n) is 3.99. The van der Waals surface area contributed by atoms with Crippen molar-refractivity contribution in [3.63, 3.8) is 0 Å². The van der Waals surface area contributed by atoms with Crippen molar-refractivity contribution in [2.75, 3.05) is 30.8 Å². The normalized spacial score (nSPS) is 17.2. The molecule has 3 aromatic carbocycles. The number of carbonyl (C=O) groups excluding carboxylic acids is 2. The smallest absolute Gasteiger partial charge is 0.255 e. The van der Waals surface area contributed by atoms with E-state index in [1.165, 1.54) is 5.56 Å². The Labute approximate surface area is 196 Å². The summed E-state index contributed by atoms with van der Waals surface area (Å²) >= 11 is 1.63. The Morgan fingerprint density at radius 1 is 0.970 bits per heavy atom. The quantitative estimate of drug-likeness (QED) is 0.586. The molecule has 6 nitrogen and oxygen atoms in total. The molecule has 1 saturated heterocycles. The van der Waals surface area contributed by atoms with Gasteiger partial charge in [0.1, 0.15) is 18.6 Å². The topological polar surface area (TPSA) is 67.9 Å². The SMILES string of the molecule is O=C(Nc1ccc2c(c1)OCCO2)c1ccc(C2SCC(=O)N2CCc2ccccc2)cc1. The number of ether oxygens (including phenoxy) is 2. The minimum atomic E-state index is -0.200. The average Bonchev–Trinajstić information content (AvgIpc) is 3.23. The van der Waals surface area contributed by atoms with E-state index in [1.54, 1.807) is 42.1 Å². The van der Waals surface area contributed by atoms with E-state index in [0.717, 1.165) is 12.0 Å². The number of nitrogens with one attached hydrogen (secondary N) is 1. The van der Waals surface area contributed by atoms with E-state index >= 15 is 0 Å². The van der Waals surface area contributed by atoms with Gasteiger partial charge in [0.05, 0.1) is 5.75 Å². The molecule has 7 heteroatoms. The van der Waals surface area contributed by atoms with Gasteiger partial charge in [0.15, 0.2) is 11.5 Å². The fourth-order valence-corrected chi connectivity index (χ4v) is 5.21. The molecule has 168 valence electrons. The van der Waals surface area contributed by atoms with Gasteiger partial charge in [-0.1, -0.05) is 42.5 Å². The lowest BCUT2D eigenvalue weighted by Crippen LogP contribution is -2.30. The zero-order chi connectivity index (χ0) is 22.6. The zero-order valence-corrected chi connectivity index (χ0v) is 18.8. The Bertz CT molecular complexity index is 1150. The highest BCUT2D eigenvalue weighted by Gasteiger charge is 2.32. The second-order valence-electron chi connectivity index (χ2n) is 7.92. The molecule has 1 unspecified atom stereocenters. The molecule has 1 atom stereocenters. The lowest BCUT2D eigenvalue weighted by atomic mass is 10.1. The van der Waals surface area contributed by atoms with Crippen molar-refractivity contribution in [3.05, 3.63) is 89.5 Å². The maximum Gasteiger partial charge on any atom is 0.255 e. The monoisotopic (exact) mass is 460 g/mol. The molecule has 0 aliphatic carbocycles. The lowest BCUT2D eigenvalue weighted by Gasteiger charge is -2.24. The van der Waals surface area contributed by atoms with Gasteiger partial charge in [-0.15, -0.1) is 11.8 Å². The molecule has 0 radical (unpaired) electrons. The van der Waals surface area contributed by atoms with E-state index in [1.807, 2.05) is 35.2 Å². The van der Waals surface area contributed by atoms with Crippen LogP contribution in [0.3, 0.4) is 0 Å². The minimum absolute atomic E-state index is 0.0314. The Hall–Kier alpha value is -3.45. The number of hydrogen-bond acceptors (Lipinski definition) is 5. The molecule has 2 heterocycles. The first-order valence-electron chi connectivity index (χ1n) is 10.9. The van der Waals surface area contributed by atoms with Gasteiger partial charge in [-0.3, -0.25) is 9.59 Å². The largest absolute Gasteiger partial charge is 0.486 e. The van der Waals surface area contributed by atoms with Crippen LogP contribution in [0.1, 0.15) is 26.9 Å². The van der Waals surface area contributed by atoms with Crippen molar-refractivity contribution in [3.8, 4) is 11.5 Å². The summed E-state index contributed by atoms with van der Waals surface area (Å²) in [6.07, 6.45) is 0.819. The van der Waals surface area contributed by atoms with Crippen LogP contribution in [0.4, 0.5) is 5.69 Å². The maximum atomic E-state index is 12.7. The Morgan fingerprint density at radius 2 is 1.73 bits per heavy atom. The summed E-state index contributed by atoms with van der Waals surface area (Å²) in [5.41, 5.74) is 3.44. The van der Waals surface area contributed by atoms with Crippen molar-refractivity contribution < 1.29 is 19.1 Å². The van der Waals surface area contributed by atoms with Crippen LogP contribution in [0.25, 0.3) is 0 Å². The predicted octanol–water partition coefficient (Wildman–Crippen LogP) is 4.53.